The van der Waals surface area contributed by atoms with Gasteiger partial charge in [0.25, 0.3) is 0 Å². The maximum atomic E-state index is 6.03. The molecule has 1 aliphatic heterocycles. The molecule has 0 atom stereocenters. The zero-order valence-corrected chi connectivity index (χ0v) is 9.28. The van der Waals surface area contributed by atoms with Crippen LogP contribution in [0.1, 0.15) is 12.1 Å². The van der Waals surface area contributed by atoms with Gasteiger partial charge in [0.15, 0.2) is 11.5 Å². The van der Waals surface area contributed by atoms with Crippen LogP contribution >= 0.6 is 11.6 Å². The molecule has 5 nitrogen and oxygen atoms in total. The molecule has 0 saturated heterocycles. The standard InChI is InChI=1S/C10H10ClN5/c11-7-3-4-13-10(14-7)9-8(12)6-2-1-5-16(6)15-9/h3-4H,1-2,5,12H2. The topological polar surface area (TPSA) is 69.6 Å². The van der Waals surface area contributed by atoms with E-state index in [2.05, 4.69) is 15.1 Å². The van der Waals surface area contributed by atoms with Gasteiger partial charge in [-0.15, -0.1) is 0 Å². The zero-order valence-electron chi connectivity index (χ0n) is 8.52. The van der Waals surface area contributed by atoms with Crippen LogP contribution in [0.5, 0.6) is 0 Å². The summed E-state index contributed by atoms with van der Waals surface area (Å²) >= 11 is 5.82. The van der Waals surface area contributed by atoms with E-state index in [1.807, 2.05) is 4.68 Å². The molecule has 0 saturated carbocycles. The molecule has 3 rings (SSSR count). The Morgan fingerprint density at radius 3 is 3.06 bits per heavy atom. The van der Waals surface area contributed by atoms with Crippen molar-refractivity contribution >= 4 is 17.3 Å². The van der Waals surface area contributed by atoms with Crippen LogP contribution in [0.3, 0.4) is 0 Å². The molecule has 16 heavy (non-hydrogen) atoms. The number of halogens is 1. The van der Waals surface area contributed by atoms with Crippen LogP contribution in [0, 0.1) is 0 Å². The monoisotopic (exact) mass is 235 g/mol. The molecule has 2 aromatic heterocycles. The maximum absolute atomic E-state index is 6.03. The molecule has 0 aromatic carbocycles. The van der Waals surface area contributed by atoms with Gasteiger partial charge in [0, 0.05) is 12.7 Å². The van der Waals surface area contributed by atoms with Gasteiger partial charge in [-0.3, -0.25) is 4.68 Å². The highest BCUT2D eigenvalue weighted by Crippen LogP contribution is 2.29. The van der Waals surface area contributed by atoms with Crippen molar-refractivity contribution in [3.8, 4) is 11.5 Å². The fourth-order valence-corrected chi connectivity index (χ4v) is 2.11. The SMILES string of the molecule is Nc1c(-c2nccc(Cl)n2)nn2c1CCC2. The lowest BCUT2D eigenvalue weighted by Crippen LogP contribution is -1.96. The molecule has 0 radical (unpaired) electrons. The van der Waals surface area contributed by atoms with E-state index in [9.17, 15) is 0 Å². The van der Waals surface area contributed by atoms with Crippen molar-refractivity contribution in [2.24, 2.45) is 0 Å². The van der Waals surface area contributed by atoms with Gasteiger partial charge in [0.2, 0.25) is 0 Å². The molecule has 2 N–H and O–H groups in total. The van der Waals surface area contributed by atoms with Crippen molar-refractivity contribution in [3.63, 3.8) is 0 Å². The summed E-state index contributed by atoms with van der Waals surface area (Å²) in [6, 6.07) is 1.63. The van der Waals surface area contributed by atoms with Crippen molar-refractivity contribution in [2.75, 3.05) is 5.73 Å². The molecule has 0 bridgehead atoms. The molecule has 2 aromatic rings. The summed E-state index contributed by atoms with van der Waals surface area (Å²) in [5.74, 6) is 0.493. The van der Waals surface area contributed by atoms with Crippen LogP contribution in [0.2, 0.25) is 5.15 Å². The summed E-state index contributed by atoms with van der Waals surface area (Å²) in [5.41, 5.74) is 8.43. The average Bonchev–Trinajstić information content (AvgIpc) is 2.82. The van der Waals surface area contributed by atoms with Crippen molar-refractivity contribution in [1.82, 2.24) is 19.7 Å². The number of fused-ring (bicyclic) bond motifs is 1. The second kappa shape index (κ2) is 3.45. The number of hydrogen-bond donors (Lipinski definition) is 1. The van der Waals surface area contributed by atoms with Crippen LogP contribution in [0.15, 0.2) is 12.3 Å². The molecule has 0 amide bonds. The van der Waals surface area contributed by atoms with E-state index in [1.54, 1.807) is 12.3 Å². The Labute approximate surface area is 97.3 Å². The van der Waals surface area contributed by atoms with E-state index >= 15 is 0 Å². The minimum atomic E-state index is 0.401. The van der Waals surface area contributed by atoms with E-state index in [1.165, 1.54) is 0 Å². The lowest BCUT2D eigenvalue weighted by atomic mass is 10.2. The first-order valence-corrected chi connectivity index (χ1v) is 5.47. The van der Waals surface area contributed by atoms with Crippen molar-refractivity contribution in [3.05, 3.63) is 23.1 Å². The van der Waals surface area contributed by atoms with Gasteiger partial charge >= 0.3 is 0 Å². The summed E-state index contributed by atoms with van der Waals surface area (Å²) in [5, 5.41) is 4.81. The lowest BCUT2D eigenvalue weighted by molar-refractivity contribution is 0.658. The number of aromatic nitrogens is 4. The Kier molecular flexibility index (Phi) is 2.07. The Morgan fingerprint density at radius 2 is 2.31 bits per heavy atom. The molecule has 0 spiro atoms. The Hall–Kier alpha value is -1.62. The largest absolute Gasteiger partial charge is 0.395 e. The van der Waals surface area contributed by atoms with E-state index in [-0.39, 0.29) is 0 Å². The summed E-state index contributed by atoms with van der Waals surface area (Å²) in [4.78, 5) is 8.25. The van der Waals surface area contributed by atoms with Gasteiger partial charge in [0.1, 0.15) is 5.15 Å². The number of hydrogen-bond acceptors (Lipinski definition) is 4. The predicted molar refractivity (Wildman–Crippen MR) is 61.0 cm³/mol. The molecule has 82 valence electrons. The van der Waals surface area contributed by atoms with Crippen LogP contribution in [0.4, 0.5) is 5.69 Å². The van der Waals surface area contributed by atoms with E-state index < -0.39 is 0 Å². The van der Waals surface area contributed by atoms with Gasteiger partial charge < -0.3 is 5.73 Å². The van der Waals surface area contributed by atoms with Crippen molar-refractivity contribution < 1.29 is 0 Å². The third-order valence-electron chi connectivity index (χ3n) is 2.72. The molecule has 0 aliphatic carbocycles. The van der Waals surface area contributed by atoms with E-state index in [4.69, 9.17) is 17.3 Å². The first kappa shape index (κ1) is 9.59. The summed E-state index contributed by atoms with van der Waals surface area (Å²) < 4.78 is 1.93. The van der Waals surface area contributed by atoms with Gasteiger partial charge in [-0.1, -0.05) is 11.6 Å². The predicted octanol–water partition coefficient (Wildman–Crippen LogP) is 1.52. The van der Waals surface area contributed by atoms with Crippen molar-refractivity contribution in [2.45, 2.75) is 19.4 Å². The first-order valence-electron chi connectivity index (χ1n) is 5.10. The lowest BCUT2D eigenvalue weighted by Gasteiger charge is -1.98. The van der Waals surface area contributed by atoms with Gasteiger partial charge in [-0.05, 0) is 18.9 Å². The van der Waals surface area contributed by atoms with Crippen molar-refractivity contribution in [1.29, 1.82) is 0 Å². The van der Waals surface area contributed by atoms with E-state index in [0.717, 1.165) is 25.1 Å². The fraction of sp³-hybridized carbons (Fsp3) is 0.300. The second-order valence-electron chi connectivity index (χ2n) is 3.74. The Morgan fingerprint density at radius 1 is 1.44 bits per heavy atom. The minimum Gasteiger partial charge on any atom is -0.395 e. The average molecular weight is 236 g/mol. The molecule has 6 heteroatoms. The number of anilines is 1. The van der Waals surface area contributed by atoms with E-state index in [0.29, 0.717) is 22.4 Å². The molecular formula is C10H10ClN5. The highest BCUT2D eigenvalue weighted by atomic mass is 35.5. The smallest absolute Gasteiger partial charge is 0.183 e. The number of nitrogen functional groups attached to an aromatic ring is 1. The minimum absolute atomic E-state index is 0.401. The summed E-state index contributed by atoms with van der Waals surface area (Å²) in [7, 11) is 0. The van der Waals surface area contributed by atoms with Crippen LogP contribution in [-0.4, -0.2) is 19.7 Å². The molecule has 0 unspecified atom stereocenters. The number of aryl methyl sites for hydroxylation is 1. The van der Waals surface area contributed by atoms with Gasteiger partial charge in [0.05, 0.1) is 11.4 Å². The molecular weight excluding hydrogens is 226 g/mol. The molecule has 0 fully saturated rings. The number of rotatable bonds is 1. The third kappa shape index (κ3) is 1.36. The second-order valence-corrected chi connectivity index (χ2v) is 4.13. The van der Waals surface area contributed by atoms with Crippen LogP contribution in [0.25, 0.3) is 11.5 Å². The third-order valence-corrected chi connectivity index (χ3v) is 2.93. The first-order chi connectivity index (χ1) is 7.75. The number of nitrogens with two attached hydrogens (primary N) is 1. The Bertz CT molecular complexity index is 548. The highest BCUT2D eigenvalue weighted by molar-refractivity contribution is 6.29. The summed E-state index contributed by atoms with van der Waals surface area (Å²) in [6.07, 6.45) is 3.68. The number of nitrogens with zero attached hydrogens (tertiary/aromatic N) is 4. The maximum Gasteiger partial charge on any atom is 0.183 e. The molecule has 3 heterocycles. The zero-order chi connectivity index (χ0) is 11.1. The van der Waals surface area contributed by atoms with Gasteiger partial charge in [-0.25, -0.2) is 9.97 Å². The fourth-order valence-electron chi connectivity index (χ4n) is 1.97. The van der Waals surface area contributed by atoms with Gasteiger partial charge in [-0.2, -0.15) is 5.10 Å². The normalized spacial score (nSPS) is 14.1. The van der Waals surface area contributed by atoms with Crippen LogP contribution < -0.4 is 5.73 Å². The van der Waals surface area contributed by atoms with Crippen LogP contribution in [-0.2, 0) is 13.0 Å². The quantitative estimate of drug-likeness (QED) is 0.761. The Balaban J connectivity index is 2.14. The molecule has 1 aliphatic rings. The highest BCUT2D eigenvalue weighted by Gasteiger charge is 2.21. The summed E-state index contributed by atoms with van der Waals surface area (Å²) in [6.45, 7) is 0.917.